The molecular formula is C13H13N3. The van der Waals surface area contributed by atoms with E-state index in [9.17, 15) is 0 Å². The second-order valence-corrected chi connectivity index (χ2v) is 3.69. The fourth-order valence-corrected chi connectivity index (χ4v) is 1.61. The quantitative estimate of drug-likeness (QED) is 0.829. The first-order chi connectivity index (χ1) is 7.72. The molecule has 1 N–H and O–H groups in total. The van der Waals surface area contributed by atoms with Gasteiger partial charge in [0.15, 0.2) is 0 Å². The number of nitriles is 1. The van der Waals surface area contributed by atoms with E-state index in [1.54, 1.807) is 0 Å². The lowest BCUT2D eigenvalue weighted by Crippen LogP contribution is -1.95. The average molecular weight is 211 g/mol. The van der Waals surface area contributed by atoms with Gasteiger partial charge in [-0.05, 0) is 25.1 Å². The van der Waals surface area contributed by atoms with Crippen molar-refractivity contribution in [3.05, 3.63) is 47.8 Å². The van der Waals surface area contributed by atoms with Gasteiger partial charge in [0.2, 0.25) is 0 Å². The molecule has 2 rings (SSSR count). The first-order valence-electron chi connectivity index (χ1n) is 5.11. The van der Waals surface area contributed by atoms with Crippen LogP contribution in [-0.2, 0) is 7.05 Å². The standard InChI is InChI=1S/C13H13N3/c1-10-13(8-12(9-14)16(10)2)15-11-6-4-3-5-7-11/h3-8,15H,1-2H3. The minimum atomic E-state index is 0.663. The van der Waals surface area contributed by atoms with Crippen LogP contribution in [0.3, 0.4) is 0 Å². The molecule has 0 aliphatic heterocycles. The van der Waals surface area contributed by atoms with Gasteiger partial charge in [0.1, 0.15) is 11.8 Å². The Morgan fingerprint density at radius 2 is 1.94 bits per heavy atom. The average Bonchev–Trinajstić information content (AvgIpc) is 2.58. The van der Waals surface area contributed by atoms with Gasteiger partial charge in [-0.3, -0.25) is 0 Å². The van der Waals surface area contributed by atoms with Crippen LogP contribution in [0.25, 0.3) is 0 Å². The molecule has 2 aromatic rings. The summed E-state index contributed by atoms with van der Waals surface area (Å²) in [7, 11) is 1.89. The SMILES string of the molecule is Cc1c(Nc2ccccc2)cc(C#N)n1C. The Kier molecular flexibility index (Phi) is 2.65. The number of anilines is 2. The molecule has 0 aliphatic rings. The van der Waals surface area contributed by atoms with E-state index in [2.05, 4.69) is 11.4 Å². The van der Waals surface area contributed by atoms with Crippen LogP contribution >= 0.6 is 0 Å². The summed E-state index contributed by atoms with van der Waals surface area (Å²) in [4.78, 5) is 0. The zero-order valence-corrected chi connectivity index (χ0v) is 9.36. The highest BCUT2D eigenvalue weighted by Gasteiger charge is 2.07. The molecule has 0 fully saturated rings. The molecule has 3 nitrogen and oxygen atoms in total. The van der Waals surface area contributed by atoms with Crippen LogP contribution < -0.4 is 5.32 Å². The Balaban J connectivity index is 2.33. The van der Waals surface area contributed by atoms with Gasteiger partial charge in [0.25, 0.3) is 0 Å². The van der Waals surface area contributed by atoms with Gasteiger partial charge >= 0.3 is 0 Å². The van der Waals surface area contributed by atoms with Crippen molar-refractivity contribution >= 4 is 11.4 Å². The minimum Gasteiger partial charge on any atom is -0.354 e. The number of benzene rings is 1. The van der Waals surface area contributed by atoms with Crippen LogP contribution in [0.15, 0.2) is 36.4 Å². The Labute approximate surface area is 94.9 Å². The molecule has 0 atom stereocenters. The maximum absolute atomic E-state index is 8.92. The predicted octanol–water partition coefficient (Wildman–Crippen LogP) is 2.95. The molecule has 0 spiro atoms. The van der Waals surface area contributed by atoms with E-state index in [4.69, 9.17) is 5.26 Å². The molecule has 0 unspecified atom stereocenters. The molecule has 0 saturated carbocycles. The van der Waals surface area contributed by atoms with Crippen LogP contribution in [0.4, 0.5) is 11.4 Å². The van der Waals surface area contributed by atoms with Crippen molar-refractivity contribution in [2.75, 3.05) is 5.32 Å². The van der Waals surface area contributed by atoms with E-state index in [0.717, 1.165) is 17.1 Å². The molecule has 0 bridgehead atoms. The molecule has 80 valence electrons. The smallest absolute Gasteiger partial charge is 0.122 e. The fraction of sp³-hybridized carbons (Fsp3) is 0.154. The van der Waals surface area contributed by atoms with Crippen molar-refractivity contribution in [1.29, 1.82) is 5.26 Å². The van der Waals surface area contributed by atoms with E-state index in [-0.39, 0.29) is 0 Å². The third kappa shape index (κ3) is 1.78. The van der Waals surface area contributed by atoms with E-state index in [1.807, 2.05) is 54.9 Å². The lowest BCUT2D eigenvalue weighted by molar-refractivity contribution is 0.867. The fourth-order valence-electron chi connectivity index (χ4n) is 1.61. The first kappa shape index (κ1) is 10.3. The van der Waals surface area contributed by atoms with E-state index in [0.29, 0.717) is 5.69 Å². The zero-order chi connectivity index (χ0) is 11.5. The number of hydrogen-bond donors (Lipinski definition) is 1. The number of hydrogen-bond acceptors (Lipinski definition) is 2. The molecule has 16 heavy (non-hydrogen) atoms. The van der Waals surface area contributed by atoms with Crippen LogP contribution in [0.1, 0.15) is 11.4 Å². The molecule has 1 aromatic carbocycles. The van der Waals surface area contributed by atoms with Crippen molar-refractivity contribution in [2.24, 2.45) is 7.05 Å². The van der Waals surface area contributed by atoms with E-state index < -0.39 is 0 Å². The molecular weight excluding hydrogens is 198 g/mol. The molecule has 3 heteroatoms. The number of nitrogens with zero attached hydrogens (tertiary/aromatic N) is 2. The highest BCUT2D eigenvalue weighted by molar-refractivity contribution is 5.64. The second kappa shape index (κ2) is 4.11. The van der Waals surface area contributed by atoms with Gasteiger partial charge in [0, 0.05) is 18.4 Å². The number of nitrogens with one attached hydrogen (secondary N) is 1. The van der Waals surface area contributed by atoms with Gasteiger partial charge in [-0.25, -0.2) is 0 Å². The monoisotopic (exact) mass is 211 g/mol. The Morgan fingerprint density at radius 3 is 2.50 bits per heavy atom. The van der Waals surface area contributed by atoms with Crippen LogP contribution in [0.5, 0.6) is 0 Å². The van der Waals surface area contributed by atoms with E-state index in [1.165, 1.54) is 0 Å². The van der Waals surface area contributed by atoms with Crippen LogP contribution in [0, 0.1) is 18.3 Å². The Morgan fingerprint density at radius 1 is 1.25 bits per heavy atom. The Hall–Kier alpha value is -2.21. The topological polar surface area (TPSA) is 40.8 Å². The van der Waals surface area contributed by atoms with Gasteiger partial charge in [-0.15, -0.1) is 0 Å². The third-order valence-corrected chi connectivity index (χ3v) is 2.70. The van der Waals surface area contributed by atoms with Crippen molar-refractivity contribution in [2.45, 2.75) is 6.92 Å². The summed E-state index contributed by atoms with van der Waals surface area (Å²) in [6.45, 7) is 1.99. The first-order valence-corrected chi connectivity index (χ1v) is 5.11. The van der Waals surface area contributed by atoms with E-state index >= 15 is 0 Å². The summed E-state index contributed by atoms with van der Waals surface area (Å²) >= 11 is 0. The molecule has 1 heterocycles. The lowest BCUT2D eigenvalue weighted by atomic mass is 10.3. The third-order valence-electron chi connectivity index (χ3n) is 2.70. The predicted molar refractivity (Wildman–Crippen MR) is 64.6 cm³/mol. The summed E-state index contributed by atoms with van der Waals surface area (Å²) in [5.41, 5.74) is 3.72. The normalized spacial score (nSPS) is 9.81. The summed E-state index contributed by atoms with van der Waals surface area (Å²) in [6, 6.07) is 14.0. The lowest BCUT2D eigenvalue weighted by Gasteiger charge is -2.05. The minimum absolute atomic E-state index is 0.663. The van der Waals surface area contributed by atoms with Crippen molar-refractivity contribution in [1.82, 2.24) is 4.57 Å². The summed E-state index contributed by atoms with van der Waals surface area (Å²) in [5.74, 6) is 0. The van der Waals surface area contributed by atoms with Crippen LogP contribution in [0.2, 0.25) is 0 Å². The van der Waals surface area contributed by atoms with Gasteiger partial charge in [0.05, 0.1) is 5.69 Å². The zero-order valence-electron chi connectivity index (χ0n) is 9.36. The number of para-hydroxylation sites is 1. The summed E-state index contributed by atoms with van der Waals surface area (Å²) < 4.78 is 1.88. The number of rotatable bonds is 2. The van der Waals surface area contributed by atoms with Gasteiger partial charge in [-0.2, -0.15) is 5.26 Å². The molecule has 1 aromatic heterocycles. The largest absolute Gasteiger partial charge is 0.354 e. The molecule has 0 aliphatic carbocycles. The Bertz CT molecular complexity index is 532. The maximum atomic E-state index is 8.92. The van der Waals surface area contributed by atoms with Crippen molar-refractivity contribution in [3.8, 4) is 6.07 Å². The van der Waals surface area contributed by atoms with Crippen molar-refractivity contribution < 1.29 is 0 Å². The van der Waals surface area contributed by atoms with Crippen LogP contribution in [-0.4, -0.2) is 4.57 Å². The highest BCUT2D eigenvalue weighted by atomic mass is 15.0. The summed E-state index contributed by atoms with van der Waals surface area (Å²) in [6.07, 6.45) is 0. The van der Waals surface area contributed by atoms with Gasteiger partial charge < -0.3 is 9.88 Å². The molecule has 0 radical (unpaired) electrons. The molecule has 0 amide bonds. The second-order valence-electron chi connectivity index (χ2n) is 3.69. The summed E-state index contributed by atoms with van der Waals surface area (Å²) in [5, 5.41) is 12.2. The van der Waals surface area contributed by atoms with Crippen molar-refractivity contribution in [3.63, 3.8) is 0 Å². The highest BCUT2D eigenvalue weighted by Crippen LogP contribution is 2.23. The maximum Gasteiger partial charge on any atom is 0.122 e. The number of aromatic nitrogens is 1. The van der Waals surface area contributed by atoms with Gasteiger partial charge in [-0.1, -0.05) is 18.2 Å². The molecule has 0 saturated heterocycles.